The summed E-state index contributed by atoms with van der Waals surface area (Å²) in [6.07, 6.45) is -3.30. The number of amides is 1. The summed E-state index contributed by atoms with van der Waals surface area (Å²) in [4.78, 5) is 34.8. The van der Waals surface area contributed by atoms with E-state index in [1.54, 1.807) is 0 Å². The van der Waals surface area contributed by atoms with Gasteiger partial charge in [0.25, 0.3) is 17.2 Å². The fourth-order valence-electron chi connectivity index (χ4n) is 2.73. The summed E-state index contributed by atoms with van der Waals surface area (Å²) < 4.78 is 39.7. The summed E-state index contributed by atoms with van der Waals surface area (Å²) in [6.45, 7) is -0.166. The molecule has 1 amide bonds. The number of hydrogen-bond acceptors (Lipinski definition) is 4. The third-order valence-electron chi connectivity index (χ3n) is 4.17. The van der Waals surface area contributed by atoms with Gasteiger partial charge in [-0.1, -0.05) is 18.2 Å². The smallest absolute Gasteiger partial charge is 0.322 e. The molecule has 3 rings (SSSR count). The zero-order valence-corrected chi connectivity index (χ0v) is 15.2. The van der Waals surface area contributed by atoms with Crippen LogP contribution < -0.4 is 10.9 Å². The number of nitro benzene ring substituents is 1. The number of nitrogens with zero attached hydrogens (tertiary/aromatic N) is 2. The Balaban J connectivity index is 1.83. The molecule has 1 aromatic heterocycles. The van der Waals surface area contributed by atoms with E-state index in [0.717, 1.165) is 22.8 Å². The van der Waals surface area contributed by atoms with Crippen LogP contribution in [0.4, 0.5) is 24.5 Å². The first-order valence-corrected chi connectivity index (χ1v) is 8.56. The first kappa shape index (κ1) is 20.8. The second-order valence-corrected chi connectivity index (χ2v) is 6.34. The lowest BCUT2D eigenvalue weighted by Crippen LogP contribution is -2.22. The zero-order valence-electron chi connectivity index (χ0n) is 15.2. The van der Waals surface area contributed by atoms with Crippen LogP contribution in [0, 0.1) is 10.1 Å². The Morgan fingerprint density at radius 1 is 1.07 bits per heavy atom. The molecule has 0 atom stereocenters. The van der Waals surface area contributed by atoms with Gasteiger partial charge >= 0.3 is 6.18 Å². The number of rotatable bonds is 5. The van der Waals surface area contributed by atoms with Crippen LogP contribution in [0.5, 0.6) is 0 Å². The Hall–Kier alpha value is -3.95. The monoisotopic (exact) mass is 417 g/mol. The van der Waals surface area contributed by atoms with Crippen molar-refractivity contribution in [1.82, 2.24) is 4.57 Å². The minimum atomic E-state index is -4.51. The van der Waals surface area contributed by atoms with E-state index in [4.69, 9.17) is 0 Å². The molecule has 0 saturated carbocycles. The number of halogens is 3. The van der Waals surface area contributed by atoms with Gasteiger partial charge in [0.1, 0.15) is 0 Å². The lowest BCUT2D eigenvalue weighted by atomic mass is 10.1. The van der Waals surface area contributed by atoms with E-state index in [9.17, 15) is 32.9 Å². The van der Waals surface area contributed by atoms with Gasteiger partial charge in [0.2, 0.25) is 0 Å². The zero-order chi connectivity index (χ0) is 21.9. The molecule has 10 heteroatoms. The summed E-state index contributed by atoms with van der Waals surface area (Å²) in [5.74, 6) is -0.631. The molecule has 0 aliphatic carbocycles. The van der Waals surface area contributed by atoms with Crippen LogP contribution in [0.2, 0.25) is 0 Å². The molecule has 0 spiro atoms. The number of benzene rings is 2. The number of alkyl halides is 3. The normalized spacial score (nSPS) is 11.2. The van der Waals surface area contributed by atoms with Crippen molar-refractivity contribution in [3.05, 3.63) is 104 Å². The average Bonchev–Trinajstić information content (AvgIpc) is 2.69. The summed E-state index contributed by atoms with van der Waals surface area (Å²) in [5.41, 5.74) is -1.06. The lowest BCUT2D eigenvalue weighted by Gasteiger charge is -2.11. The Morgan fingerprint density at radius 3 is 2.50 bits per heavy atom. The van der Waals surface area contributed by atoms with Gasteiger partial charge in [0.05, 0.1) is 22.6 Å². The maximum Gasteiger partial charge on any atom is 0.416 e. The van der Waals surface area contributed by atoms with E-state index in [-0.39, 0.29) is 29.0 Å². The molecular weight excluding hydrogens is 403 g/mol. The van der Waals surface area contributed by atoms with Crippen molar-refractivity contribution in [2.75, 3.05) is 5.32 Å². The Morgan fingerprint density at radius 2 is 1.80 bits per heavy atom. The summed E-state index contributed by atoms with van der Waals surface area (Å²) in [5, 5.41) is 13.3. The Labute approximate surface area is 167 Å². The highest BCUT2D eigenvalue weighted by molar-refractivity contribution is 6.04. The van der Waals surface area contributed by atoms with Crippen LogP contribution in [-0.2, 0) is 12.7 Å². The number of nitrogens with one attached hydrogen (secondary N) is 1. The van der Waals surface area contributed by atoms with Gasteiger partial charge in [0.15, 0.2) is 0 Å². The largest absolute Gasteiger partial charge is 0.416 e. The molecule has 0 radical (unpaired) electrons. The third kappa shape index (κ3) is 4.90. The van der Waals surface area contributed by atoms with Crippen LogP contribution in [0.3, 0.4) is 0 Å². The number of carbonyl (C=O) groups is 1. The number of anilines is 1. The number of carbonyl (C=O) groups excluding carboxylic acids is 1. The van der Waals surface area contributed by atoms with Gasteiger partial charge in [-0.15, -0.1) is 0 Å². The molecule has 0 saturated heterocycles. The van der Waals surface area contributed by atoms with Gasteiger partial charge in [-0.25, -0.2) is 0 Å². The summed E-state index contributed by atoms with van der Waals surface area (Å²) in [7, 11) is 0. The van der Waals surface area contributed by atoms with Gasteiger partial charge in [-0.2, -0.15) is 13.2 Å². The number of pyridine rings is 1. The van der Waals surface area contributed by atoms with Crippen LogP contribution in [0.1, 0.15) is 21.5 Å². The van der Waals surface area contributed by atoms with Gasteiger partial charge in [0, 0.05) is 30.1 Å². The summed E-state index contributed by atoms with van der Waals surface area (Å²) in [6, 6.07) is 12.2. The highest BCUT2D eigenvalue weighted by Gasteiger charge is 2.30. The van der Waals surface area contributed by atoms with E-state index in [0.29, 0.717) is 0 Å². The predicted molar refractivity (Wildman–Crippen MR) is 102 cm³/mol. The third-order valence-corrected chi connectivity index (χ3v) is 4.17. The maximum atomic E-state index is 12.9. The van der Waals surface area contributed by atoms with Crippen molar-refractivity contribution in [1.29, 1.82) is 0 Å². The molecule has 1 heterocycles. The highest BCUT2D eigenvalue weighted by atomic mass is 19.4. The molecule has 0 aliphatic rings. The van der Waals surface area contributed by atoms with E-state index in [2.05, 4.69) is 5.32 Å². The minimum Gasteiger partial charge on any atom is -0.322 e. The standard InChI is InChI=1S/C20H14F3N3O4/c21-20(22,23)15-4-1-3-13(9-15)11-25-12-14(7-8-18(25)27)19(28)24-16-5-2-6-17(10-16)26(29)30/h1-10,12H,11H2,(H,24,28). The predicted octanol–water partition coefficient (Wildman–Crippen LogP) is 4.08. The highest BCUT2D eigenvalue weighted by Crippen LogP contribution is 2.29. The van der Waals surface area contributed by atoms with E-state index >= 15 is 0 Å². The van der Waals surface area contributed by atoms with Crippen molar-refractivity contribution in [2.24, 2.45) is 0 Å². The molecule has 0 bridgehead atoms. The second-order valence-electron chi connectivity index (χ2n) is 6.34. The SMILES string of the molecule is O=C(Nc1cccc([N+](=O)[O-])c1)c1ccc(=O)n(Cc2cccc(C(F)(F)F)c2)c1. The van der Waals surface area contributed by atoms with Gasteiger partial charge in [-0.05, 0) is 29.8 Å². The van der Waals surface area contributed by atoms with Gasteiger partial charge in [-0.3, -0.25) is 19.7 Å². The van der Waals surface area contributed by atoms with Crippen molar-refractivity contribution in [2.45, 2.75) is 12.7 Å². The maximum absolute atomic E-state index is 12.9. The molecular formula is C20H14F3N3O4. The molecule has 0 fully saturated rings. The number of hydrogen-bond donors (Lipinski definition) is 1. The molecule has 1 N–H and O–H groups in total. The van der Waals surface area contributed by atoms with Gasteiger partial charge < -0.3 is 9.88 Å². The second kappa shape index (κ2) is 8.19. The van der Waals surface area contributed by atoms with Crippen LogP contribution >= 0.6 is 0 Å². The van der Waals surface area contributed by atoms with Crippen LogP contribution in [0.25, 0.3) is 0 Å². The van der Waals surface area contributed by atoms with Crippen molar-refractivity contribution < 1.29 is 22.9 Å². The first-order chi connectivity index (χ1) is 14.1. The first-order valence-electron chi connectivity index (χ1n) is 8.56. The summed E-state index contributed by atoms with van der Waals surface area (Å²) >= 11 is 0. The Bertz CT molecular complexity index is 1170. The molecule has 2 aromatic carbocycles. The van der Waals surface area contributed by atoms with E-state index in [1.807, 2.05) is 0 Å². The molecule has 154 valence electrons. The van der Waals surface area contributed by atoms with Crippen LogP contribution in [0.15, 0.2) is 71.7 Å². The van der Waals surface area contributed by atoms with Crippen molar-refractivity contribution in [3.8, 4) is 0 Å². The molecule has 30 heavy (non-hydrogen) atoms. The number of nitro groups is 1. The van der Waals surface area contributed by atoms with E-state index in [1.165, 1.54) is 48.7 Å². The molecule has 0 unspecified atom stereocenters. The molecule has 7 nitrogen and oxygen atoms in total. The average molecular weight is 417 g/mol. The number of aromatic nitrogens is 1. The lowest BCUT2D eigenvalue weighted by molar-refractivity contribution is -0.384. The topological polar surface area (TPSA) is 94.2 Å². The molecule has 3 aromatic rings. The van der Waals surface area contributed by atoms with Crippen molar-refractivity contribution in [3.63, 3.8) is 0 Å². The van der Waals surface area contributed by atoms with E-state index < -0.39 is 28.1 Å². The fourth-order valence-corrected chi connectivity index (χ4v) is 2.73. The van der Waals surface area contributed by atoms with Crippen LogP contribution in [-0.4, -0.2) is 15.4 Å². The Kier molecular flexibility index (Phi) is 5.67. The fraction of sp³-hybridized carbons (Fsp3) is 0.100. The minimum absolute atomic E-state index is 0.0630. The van der Waals surface area contributed by atoms with Crippen molar-refractivity contribution >= 4 is 17.3 Å². The number of non-ortho nitro benzene ring substituents is 1. The quantitative estimate of drug-likeness (QED) is 0.500. The molecule has 0 aliphatic heterocycles.